The van der Waals surface area contributed by atoms with Gasteiger partial charge in [-0.1, -0.05) is 18.2 Å². The number of amides is 1. The number of thiazole rings is 1. The molecule has 2 aromatic carbocycles. The molecule has 0 aliphatic carbocycles. The quantitative estimate of drug-likeness (QED) is 0.231. The van der Waals surface area contributed by atoms with Gasteiger partial charge in [0.05, 0.1) is 11.3 Å². The van der Waals surface area contributed by atoms with Crippen LogP contribution in [0, 0.1) is 5.82 Å². The van der Waals surface area contributed by atoms with Gasteiger partial charge < -0.3 is 9.73 Å². The van der Waals surface area contributed by atoms with E-state index in [0.29, 0.717) is 34.8 Å². The lowest BCUT2D eigenvalue weighted by Crippen LogP contribution is -2.11. The largest absolute Gasteiger partial charge is 0.422 e. The van der Waals surface area contributed by atoms with Gasteiger partial charge in [-0.15, -0.1) is 23.1 Å². The number of fused-ring (bicyclic) bond motifs is 1. The highest BCUT2D eigenvalue weighted by molar-refractivity contribution is 7.99. The number of nitrogens with one attached hydrogen (secondary N) is 1. The fourth-order valence-electron chi connectivity index (χ4n) is 2.83. The number of nitrogens with zero attached hydrogens (tertiary/aromatic N) is 1. The molecule has 0 aliphatic rings. The fraction of sp³-hybridized carbons (Fsp3) is 0.136. The Kier molecular flexibility index (Phi) is 6.25. The number of hydrogen-bond donors (Lipinski definition) is 1. The minimum absolute atomic E-state index is 0.138. The molecule has 0 unspecified atom stereocenters. The van der Waals surface area contributed by atoms with Crippen LogP contribution >= 0.6 is 23.1 Å². The van der Waals surface area contributed by atoms with Crippen molar-refractivity contribution in [3.8, 4) is 11.3 Å². The second kappa shape index (κ2) is 9.23. The van der Waals surface area contributed by atoms with Crippen molar-refractivity contribution in [2.75, 3.05) is 11.1 Å². The van der Waals surface area contributed by atoms with Gasteiger partial charge in [0.15, 0.2) is 5.13 Å². The molecule has 0 radical (unpaired) electrons. The predicted molar refractivity (Wildman–Crippen MR) is 119 cm³/mol. The van der Waals surface area contributed by atoms with E-state index >= 15 is 0 Å². The zero-order valence-electron chi connectivity index (χ0n) is 15.8. The summed E-state index contributed by atoms with van der Waals surface area (Å²) in [4.78, 5) is 29.8. The minimum atomic E-state index is -0.463. The van der Waals surface area contributed by atoms with Gasteiger partial charge in [-0.25, -0.2) is 14.2 Å². The van der Waals surface area contributed by atoms with Crippen LogP contribution in [0.25, 0.3) is 22.2 Å². The summed E-state index contributed by atoms with van der Waals surface area (Å²) in [5.74, 6) is 0.351. The topological polar surface area (TPSA) is 72.2 Å². The highest BCUT2D eigenvalue weighted by Gasteiger charge is 2.13. The third-order valence-electron chi connectivity index (χ3n) is 4.30. The average molecular weight is 441 g/mol. The van der Waals surface area contributed by atoms with E-state index in [-0.39, 0.29) is 11.7 Å². The molecule has 4 aromatic rings. The molecule has 0 bridgehead atoms. The summed E-state index contributed by atoms with van der Waals surface area (Å²) in [6, 6.07) is 15.3. The second-order valence-corrected chi connectivity index (χ2v) is 8.50. The van der Waals surface area contributed by atoms with E-state index in [0.717, 1.165) is 16.0 Å². The normalized spacial score (nSPS) is 11.0. The molecule has 0 aliphatic heterocycles. The Morgan fingerprint density at radius 1 is 1.17 bits per heavy atom. The third-order valence-corrected chi connectivity index (χ3v) is 6.15. The number of thioether (sulfide) groups is 1. The van der Waals surface area contributed by atoms with Crippen molar-refractivity contribution in [2.45, 2.75) is 17.7 Å². The van der Waals surface area contributed by atoms with Crippen LogP contribution in [0.15, 0.2) is 74.1 Å². The van der Waals surface area contributed by atoms with E-state index in [2.05, 4.69) is 10.3 Å². The maximum Gasteiger partial charge on any atom is 0.345 e. The van der Waals surface area contributed by atoms with E-state index in [9.17, 15) is 14.0 Å². The summed E-state index contributed by atoms with van der Waals surface area (Å²) >= 11 is 2.84. The maximum atomic E-state index is 12.9. The van der Waals surface area contributed by atoms with Crippen molar-refractivity contribution >= 4 is 45.1 Å². The van der Waals surface area contributed by atoms with E-state index < -0.39 is 5.63 Å². The molecule has 0 atom stereocenters. The van der Waals surface area contributed by atoms with Crippen molar-refractivity contribution in [3.63, 3.8) is 0 Å². The zero-order chi connectivity index (χ0) is 20.9. The standard InChI is InChI=1S/C22H17FN2O3S2/c23-15-7-9-16(10-8-15)29-11-3-6-20(26)25-22-24-18(13-30-22)17-12-14-4-1-2-5-19(14)28-21(17)27/h1-2,4-5,7-10,12-13H,3,6,11H2,(H,24,25,26). The molecule has 0 fully saturated rings. The van der Waals surface area contributed by atoms with E-state index in [4.69, 9.17) is 4.42 Å². The summed E-state index contributed by atoms with van der Waals surface area (Å²) in [6.07, 6.45) is 1.03. The summed E-state index contributed by atoms with van der Waals surface area (Å²) in [7, 11) is 0. The number of benzene rings is 2. The molecule has 2 heterocycles. The number of anilines is 1. The van der Waals surface area contributed by atoms with Gasteiger partial charge in [0, 0.05) is 22.1 Å². The van der Waals surface area contributed by atoms with E-state index in [1.54, 1.807) is 47.5 Å². The van der Waals surface area contributed by atoms with Gasteiger partial charge in [-0.2, -0.15) is 0 Å². The Bertz CT molecular complexity index is 1240. The number of rotatable bonds is 7. The number of hydrogen-bond acceptors (Lipinski definition) is 6. The first-order valence-electron chi connectivity index (χ1n) is 9.25. The van der Waals surface area contributed by atoms with Crippen molar-refractivity contribution < 1.29 is 13.6 Å². The van der Waals surface area contributed by atoms with Crippen LogP contribution in [-0.4, -0.2) is 16.6 Å². The van der Waals surface area contributed by atoms with Gasteiger partial charge in [-0.3, -0.25) is 4.79 Å². The molecule has 152 valence electrons. The highest BCUT2D eigenvalue weighted by Crippen LogP contribution is 2.25. The molecule has 4 rings (SSSR count). The van der Waals surface area contributed by atoms with Gasteiger partial charge in [0.25, 0.3) is 0 Å². The molecule has 0 saturated heterocycles. The first-order valence-corrected chi connectivity index (χ1v) is 11.1. The molecular formula is C22H17FN2O3S2. The van der Waals surface area contributed by atoms with Gasteiger partial charge in [-0.05, 0) is 48.6 Å². The van der Waals surface area contributed by atoms with Gasteiger partial charge in [0.1, 0.15) is 11.4 Å². The third kappa shape index (κ3) is 4.95. The smallest absolute Gasteiger partial charge is 0.345 e. The van der Waals surface area contributed by atoms with Crippen LogP contribution in [0.3, 0.4) is 0 Å². The summed E-state index contributed by atoms with van der Waals surface area (Å²) in [5.41, 5.74) is 0.894. The van der Waals surface area contributed by atoms with Gasteiger partial charge >= 0.3 is 5.63 Å². The van der Waals surface area contributed by atoms with Crippen molar-refractivity contribution in [1.82, 2.24) is 4.98 Å². The Hall–Kier alpha value is -2.97. The minimum Gasteiger partial charge on any atom is -0.422 e. The van der Waals surface area contributed by atoms with Crippen molar-refractivity contribution in [2.24, 2.45) is 0 Å². The maximum absolute atomic E-state index is 12.9. The van der Waals surface area contributed by atoms with E-state index in [1.807, 2.05) is 12.1 Å². The Balaban J connectivity index is 1.33. The highest BCUT2D eigenvalue weighted by atomic mass is 32.2. The number of aromatic nitrogens is 1. The SMILES string of the molecule is O=C(CCCSc1ccc(F)cc1)Nc1nc(-c2cc3ccccc3oc2=O)cs1. The van der Waals surface area contributed by atoms with Crippen LogP contribution in [0.2, 0.25) is 0 Å². The first kappa shape index (κ1) is 20.3. The van der Waals surface area contributed by atoms with Crippen LogP contribution in [-0.2, 0) is 4.79 Å². The predicted octanol–water partition coefficient (Wildman–Crippen LogP) is 5.57. The van der Waals surface area contributed by atoms with E-state index in [1.165, 1.54) is 23.5 Å². The lowest BCUT2D eigenvalue weighted by atomic mass is 10.1. The first-order chi connectivity index (χ1) is 14.6. The Morgan fingerprint density at radius 3 is 2.80 bits per heavy atom. The molecule has 5 nitrogen and oxygen atoms in total. The van der Waals surface area contributed by atoms with Crippen LogP contribution < -0.4 is 10.9 Å². The number of carbonyl (C=O) groups is 1. The number of carbonyl (C=O) groups excluding carboxylic acids is 1. The molecule has 30 heavy (non-hydrogen) atoms. The van der Waals surface area contributed by atoms with Crippen molar-refractivity contribution in [3.05, 3.63) is 76.2 Å². The number of para-hydroxylation sites is 1. The molecule has 1 amide bonds. The van der Waals surface area contributed by atoms with Crippen LogP contribution in [0.5, 0.6) is 0 Å². The zero-order valence-corrected chi connectivity index (χ0v) is 17.4. The Morgan fingerprint density at radius 2 is 1.97 bits per heavy atom. The lowest BCUT2D eigenvalue weighted by Gasteiger charge is -2.03. The molecule has 8 heteroatoms. The summed E-state index contributed by atoms with van der Waals surface area (Å²) in [5, 5.41) is 5.74. The molecule has 2 aromatic heterocycles. The summed E-state index contributed by atoms with van der Waals surface area (Å²) in [6.45, 7) is 0. The second-order valence-electron chi connectivity index (χ2n) is 6.48. The monoisotopic (exact) mass is 440 g/mol. The molecule has 0 spiro atoms. The van der Waals surface area contributed by atoms with Crippen molar-refractivity contribution in [1.29, 1.82) is 0 Å². The fourth-order valence-corrected chi connectivity index (χ4v) is 4.41. The molecular weight excluding hydrogens is 423 g/mol. The average Bonchev–Trinajstić information content (AvgIpc) is 3.20. The lowest BCUT2D eigenvalue weighted by molar-refractivity contribution is -0.116. The molecule has 1 N–H and O–H groups in total. The molecule has 0 saturated carbocycles. The Labute approximate surface area is 180 Å². The van der Waals surface area contributed by atoms with Crippen LogP contribution in [0.4, 0.5) is 9.52 Å². The summed E-state index contributed by atoms with van der Waals surface area (Å²) < 4.78 is 18.2. The van der Waals surface area contributed by atoms with Crippen LogP contribution in [0.1, 0.15) is 12.8 Å². The number of halogens is 1. The van der Waals surface area contributed by atoms with Gasteiger partial charge in [0.2, 0.25) is 5.91 Å².